The van der Waals surface area contributed by atoms with E-state index in [1.165, 1.54) is 16.0 Å². The molecule has 3 rings (SSSR count). The molecule has 150 valence electrons. The van der Waals surface area contributed by atoms with E-state index in [0.717, 1.165) is 32.2 Å². The normalized spacial score (nSPS) is 11.3. The van der Waals surface area contributed by atoms with Crippen LogP contribution < -0.4 is 10.9 Å². The van der Waals surface area contributed by atoms with Gasteiger partial charge in [-0.15, -0.1) is 11.3 Å². The van der Waals surface area contributed by atoms with Crippen molar-refractivity contribution in [3.05, 3.63) is 43.4 Å². The summed E-state index contributed by atoms with van der Waals surface area (Å²) < 4.78 is 2.07. The van der Waals surface area contributed by atoms with Crippen LogP contribution in [0.2, 0.25) is 0 Å². The Morgan fingerprint density at radius 3 is 2.71 bits per heavy atom. The molecule has 0 atom stereocenters. The molecule has 0 unspecified atom stereocenters. The molecule has 0 aromatic carbocycles. The van der Waals surface area contributed by atoms with E-state index in [4.69, 9.17) is 5.11 Å². The Morgan fingerprint density at radius 1 is 1.36 bits per heavy atom. The van der Waals surface area contributed by atoms with E-state index in [9.17, 15) is 9.59 Å². The Bertz CT molecular complexity index is 1060. The molecule has 3 aromatic rings. The van der Waals surface area contributed by atoms with Gasteiger partial charge in [-0.1, -0.05) is 6.92 Å². The lowest BCUT2D eigenvalue weighted by Gasteiger charge is -2.07. The van der Waals surface area contributed by atoms with Crippen molar-refractivity contribution in [1.82, 2.24) is 25.3 Å². The maximum atomic E-state index is 13.0. The number of fused-ring (bicyclic) bond motifs is 1. The summed E-state index contributed by atoms with van der Waals surface area (Å²) in [4.78, 5) is 26.7. The monoisotopic (exact) mass is 403 g/mol. The van der Waals surface area contributed by atoms with Crippen LogP contribution in [0.3, 0.4) is 0 Å². The van der Waals surface area contributed by atoms with Crippen LogP contribution in [-0.2, 0) is 19.9 Å². The number of nitrogens with one attached hydrogen (secondary N) is 2. The summed E-state index contributed by atoms with van der Waals surface area (Å²) in [6.45, 7) is 6.20. The lowest BCUT2D eigenvalue weighted by atomic mass is 10.0. The van der Waals surface area contributed by atoms with Crippen molar-refractivity contribution in [3.63, 3.8) is 0 Å². The second-order valence-electron chi connectivity index (χ2n) is 6.76. The zero-order valence-corrected chi connectivity index (χ0v) is 17.4. The van der Waals surface area contributed by atoms with Gasteiger partial charge in [0.1, 0.15) is 0 Å². The molecule has 8 nitrogen and oxygen atoms in total. The first-order valence-electron chi connectivity index (χ1n) is 9.30. The lowest BCUT2D eigenvalue weighted by Crippen LogP contribution is -2.28. The van der Waals surface area contributed by atoms with Gasteiger partial charge in [-0.3, -0.25) is 14.7 Å². The summed E-state index contributed by atoms with van der Waals surface area (Å²) in [5.41, 5.74) is 3.79. The predicted octanol–water partition coefficient (Wildman–Crippen LogP) is 1.60. The van der Waals surface area contributed by atoms with Crippen molar-refractivity contribution in [2.45, 2.75) is 40.0 Å². The number of carbonyl (C=O) groups excluding carboxylic acids is 1. The highest BCUT2D eigenvalue weighted by Gasteiger charge is 2.25. The number of H-pyrrole nitrogens is 1. The number of amides is 1. The van der Waals surface area contributed by atoms with Gasteiger partial charge < -0.3 is 10.4 Å². The molecule has 1 amide bonds. The first-order valence-corrected chi connectivity index (χ1v) is 10.1. The van der Waals surface area contributed by atoms with Gasteiger partial charge in [0.15, 0.2) is 0 Å². The van der Waals surface area contributed by atoms with Crippen LogP contribution >= 0.6 is 11.3 Å². The van der Waals surface area contributed by atoms with Gasteiger partial charge in [0.05, 0.1) is 27.0 Å². The Kier molecular flexibility index (Phi) is 5.95. The minimum atomic E-state index is -0.293. The second-order valence-corrected chi connectivity index (χ2v) is 7.86. The number of aromatic amines is 1. The van der Waals surface area contributed by atoms with Gasteiger partial charge in [-0.2, -0.15) is 10.2 Å². The van der Waals surface area contributed by atoms with Crippen LogP contribution in [0.1, 0.15) is 51.2 Å². The molecular formula is C19H25N5O3S. The fraction of sp³-hybridized carbons (Fsp3) is 0.474. The Labute approximate surface area is 166 Å². The average Bonchev–Trinajstić information content (AvgIpc) is 3.20. The number of carbonyl (C=O) groups is 1. The third-order valence-corrected chi connectivity index (χ3v) is 6.06. The molecule has 0 saturated carbocycles. The first kappa shape index (κ1) is 20.2. The van der Waals surface area contributed by atoms with Crippen molar-refractivity contribution < 1.29 is 9.90 Å². The van der Waals surface area contributed by atoms with Gasteiger partial charge in [0.25, 0.3) is 11.5 Å². The third kappa shape index (κ3) is 3.59. The molecule has 3 heterocycles. The maximum Gasteiger partial charge on any atom is 0.276 e. The van der Waals surface area contributed by atoms with Crippen LogP contribution in [0.4, 0.5) is 0 Å². The summed E-state index contributed by atoms with van der Waals surface area (Å²) in [6, 6.07) is 0. The fourth-order valence-corrected chi connectivity index (χ4v) is 4.63. The molecule has 0 fully saturated rings. The highest BCUT2D eigenvalue weighted by molar-refractivity contribution is 7.19. The zero-order chi connectivity index (χ0) is 20.4. The molecule has 0 aliphatic rings. The number of aryl methyl sites for hydroxylation is 4. The number of aliphatic hydroxyl groups excluding tert-OH is 1. The Morgan fingerprint density at radius 2 is 2.11 bits per heavy atom. The maximum absolute atomic E-state index is 13.0. The van der Waals surface area contributed by atoms with Gasteiger partial charge in [-0.25, -0.2) is 4.68 Å². The van der Waals surface area contributed by atoms with Gasteiger partial charge in [0, 0.05) is 42.8 Å². The molecule has 0 aliphatic heterocycles. The van der Waals surface area contributed by atoms with Gasteiger partial charge in [0.2, 0.25) is 0 Å². The summed E-state index contributed by atoms with van der Waals surface area (Å²) >= 11 is 1.45. The minimum absolute atomic E-state index is 0.00337. The van der Waals surface area contributed by atoms with E-state index in [1.807, 2.05) is 20.8 Å². The number of aromatic nitrogens is 4. The highest BCUT2D eigenvalue weighted by Crippen LogP contribution is 2.33. The van der Waals surface area contributed by atoms with E-state index in [-0.39, 0.29) is 18.1 Å². The van der Waals surface area contributed by atoms with E-state index in [2.05, 4.69) is 20.6 Å². The van der Waals surface area contributed by atoms with Crippen molar-refractivity contribution >= 4 is 27.3 Å². The van der Waals surface area contributed by atoms with Crippen molar-refractivity contribution in [1.29, 1.82) is 0 Å². The molecule has 0 saturated heterocycles. The molecular weight excluding hydrogens is 378 g/mol. The molecule has 28 heavy (non-hydrogen) atoms. The summed E-state index contributed by atoms with van der Waals surface area (Å²) in [6.07, 6.45) is 1.64. The van der Waals surface area contributed by atoms with Crippen molar-refractivity contribution in [2.75, 3.05) is 13.2 Å². The zero-order valence-electron chi connectivity index (χ0n) is 16.5. The number of hydrogen-bond donors (Lipinski definition) is 3. The molecule has 0 spiro atoms. The van der Waals surface area contributed by atoms with E-state index in [0.29, 0.717) is 36.8 Å². The summed E-state index contributed by atoms with van der Waals surface area (Å²) in [5, 5.41) is 23.8. The summed E-state index contributed by atoms with van der Waals surface area (Å²) in [5.74, 6) is -0.293. The second kappa shape index (κ2) is 8.24. The molecule has 0 aliphatic carbocycles. The highest BCUT2D eigenvalue weighted by atomic mass is 32.1. The van der Waals surface area contributed by atoms with Crippen molar-refractivity contribution in [2.24, 2.45) is 7.05 Å². The van der Waals surface area contributed by atoms with Crippen LogP contribution in [-0.4, -0.2) is 44.1 Å². The number of aliphatic hydroxyl groups is 1. The molecule has 3 aromatic heterocycles. The predicted molar refractivity (Wildman–Crippen MR) is 109 cm³/mol. The first-order chi connectivity index (χ1) is 13.4. The van der Waals surface area contributed by atoms with Gasteiger partial charge >= 0.3 is 0 Å². The van der Waals surface area contributed by atoms with Crippen LogP contribution in [0.25, 0.3) is 10.1 Å². The standard InChI is InChI=1S/C19H25N5O3S/c1-5-13-17-16(19(27)24(4)23-13)15(18(26)20-7-6-8-25)14(28-17)9-12-10(2)21-22-11(12)3/h25H,5-9H2,1-4H3,(H,20,26)(H,21,22). The Hall–Kier alpha value is -2.52. The van der Waals surface area contributed by atoms with E-state index >= 15 is 0 Å². The largest absolute Gasteiger partial charge is 0.396 e. The SMILES string of the molecule is CCc1nn(C)c(=O)c2c(C(=O)NCCCO)c(Cc3c(C)n[nH]c3C)sc12. The molecule has 0 bridgehead atoms. The van der Waals surface area contributed by atoms with Crippen molar-refractivity contribution in [3.8, 4) is 0 Å². The molecule has 9 heteroatoms. The van der Waals surface area contributed by atoms with Gasteiger partial charge in [-0.05, 0) is 26.7 Å². The topological polar surface area (TPSA) is 113 Å². The van der Waals surface area contributed by atoms with Crippen LogP contribution in [0.15, 0.2) is 4.79 Å². The fourth-order valence-electron chi connectivity index (χ4n) is 3.28. The third-order valence-electron chi connectivity index (χ3n) is 4.82. The smallest absolute Gasteiger partial charge is 0.276 e. The molecule has 3 N–H and O–H groups in total. The average molecular weight is 404 g/mol. The number of thiophene rings is 1. The quantitative estimate of drug-likeness (QED) is 0.519. The molecule has 0 radical (unpaired) electrons. The number of nitrogens with zero attached hydrogens (tertiary/aromatic N) is 3. The lowest BCUT2D eigenvalue weighted by molar-refractivity contribution is 0.0952. The number of rotatable bonds is 7. The van der Waals surface area contributed by atoms with E-state index in [1.54, 1.807) is 7.05 Å². The van der Waals surface area contributed by atoms with Crippen LogP contribution in [0.5, 0.6) is 0 Å². The Balaban J connectivity index is 2.21. The number of hydrogen-bond acceptors (Lipinski definition) is 6. The van der Waals surface area contributed by atoms with Crippen LogP contribution in [0, 0.1) is 13.8 Å². The minimum Gasteiger partial charge on any atom is -0.396 e. The summed E-state index contributed by atoms with van der Waals surface area (Å²) in [7, 11) is 1.61. The van der Waals surface area contributed by atoms with E-state index < -0.39 is 0 Å².